The highest BCUT2D eigenvalue weighted by Gasteiger charge is 2.16. The van der Waals surface area contributed by atoms with Gasteiger partial charge in [-0.2, -0.15) is 11.8 Å². The second kappa shape index (κ2) is 7.56. The van der Waals surface area contributed by atoms with Crippen LogP contribution in [0.3, 0.4) is 0 Å². The van der Waals surface area contributed by atoms with E-state index in [-0.39, 0.29) is 0 Å². The lowest BCUT2D eigenvalue weighted by molar-refractivity contribution is 0.575. The second-order valence-electron chi connectivity index (χ2n) is 4.09. The predicted octanol–water partition coefficient (Wildman–Crippen LogP) is 2.77. The summed E-state index contributed by atoms with van der Waals surface area (Å²) in [6.07, 6.45) is 2.91. The maximum atomic E-state index is 6.01. The number of nitrogens with one attached hydrogen (secondary N) is 1. The van der Waals surface area contributed by atoms with Gasteiger partial charge in [0.15, 0.2) is 0 Å². The topological polar surface area (TPSA) is 50.9 Å². The van der Waals surface area contributed by atoms with Crippen LogP contribution in [0.1, 0.15) is 37.4 Å². The van der Waals surface area contributed by atoms with Crippen LogP contribution in [0.2, 0.25) is 0 Å². The molecule has 17 heavy (non-hydrogen) atoms. The monoisotopic (exact) mass is 253 g/mol. The summed E-state index contributed by atoms with van der Waals surface area (Å²) in [6.45, 7) is 7.48. The van der Waals surface area contributed by atoms with E-state index in [0.29, 0.717) is 11.9 Å². The zero-order chi connectivity index (χ0) is 12.7. The lowest BCUT2D eigenvalue weighted by atomic mass is 10.0. The molecule has 0 saturated carbocycles. The molecule has 3 nitrogen and oxygen atoms in total. The predicted molar refractivity (Wildman–Crippen MR) is 77.4 cm³/mol. The Hall–Kier alpha value is -0.740. The molecule has 96 valence electrons. The molecule has 4 heteroatoms. The molecule has 0 radical (unpaired) electrons. The van der Waals surface area contributed by atoms with Gasteiger partial charge in [-0.05, 0) is 37.3 Å². The number of thioether (sulfide) groups is 1. The highest BCUT2D eigenvalue weighted by molar-refractivity contribution is 7.99. The number of pyridine rings is 1. The number of hydrogen-bond donors (Lipinski definition) is 2. The van der Waals surface area contributed by atoms with Crippen molar-refractivity contribution in [3.63, 3.8) is 0 Å². The second-order valence-corrected chi connectivity index (χ2v) is 5.41. The summed E-state index contributed by atoms with van der Waals surface area (Å²) in [5.41, 5.74) is 8.40. The van der Waals surface area contributed by atoms with Gasteiger partial charge in [0.1, 0.15) is 5.82 Å². The highest BCUT2D eigenvalue weighted by atomic mass is 32.2. The molecule has 0 fully saturated rings. The van der Waals surface area contributed by atoms with Crippen molar-refractivity contribution in [1.82, 2.24) is 10.3 Å². The fourth-order valence-corrected chi connectivity index (χ4v) is 2.60. The minimum absolute atomic E-state index is 0.314. The molecule has 1 heterocycles. The Balaban J connectivity index is 2.86. The van der Waals surface area contributed by atoms with Crippen LogP contribution in [0.25, 0.3) is 0 Å². The number of hydrogen-bond acceptors (Lipinski definition) is 4. The maximum absolute atomic E-state index is 6.01. The first-order valence-corrected chi connectivity index (χ1v) is 7.38. The van der Waals surface area contributed by atoms with E-state index in [1.807, 2.05) is 17.8 Å². The lowest BCUT2D eigenvalue weighted by Crippen LogP contribution is -2.26. The number of nitrogen functional groups attached to an aromatic ring is 1. The van der Waals surface area contributed by atoms with E-state index >= 15 is 0 Å². The van der Waals surface area contributed by atoms with Crippen LogP contribution in [0, 0.1) is 6.92 Å². The molecule has 0 aliphatic carbocycles. The first-order chi connectivity index (χ1) is 8.20. The van der Waals surface area contributed by atoms with Gasteiger partial charge in [-0.15, -0.1) is 0 Å². The van der Waals surface area contributed by atoms with Crippen molar-refractivity contribution >= 4 is 17.6 Å². The summed E-state index contributed by atoms with van der Waals surface area (Å²) >= 11 is 1.93. The van der Waals surface area contributed by atoms with E-state index in [4.69, 9.17) is 5.73 Å². The van der Waals surface area contributed by atoms with Crippen LogP contribution in [0.4, 0.5) is 5.82 Å². The summed E-state index contributed by atoms with van der Waals surface area (Å²) in [5, 5.41) is 3.56. The Morgan fingerprint density at radius 3 is 2.82 bits per heavy atom. The minimum Gasteiger partial charge on any atom is -0.383 e. The van der Waals surface area contributed by atoms with Gasteiger partial charge in [0, 0.05) is 23.6 Å². The van der Waals surface area contributed by atoms with E-state index in [2.05, 4.69) is 31.1 Å². The SMILES string of the molecule is CCCNC(CSCC)c1c(C)ccnc1N. The van der Waals surface area contributed by atoms with Crippen LogP contribution >= 0.6 is 11.8 Å². The fourth-order valence-electron chi connectivity index (χ4n) is 1.84. The van der Waals surface area contributed by atoms with Gasteiger partial charge in [-0.3, -0.25) is 0 Å². The van der Waals surface area contributed by atoms with E-state index in [0.717, 1.165) is 24.5 Å². The van der Waals surface area contributed by atoms with Crippen LogP contribution in [-0.4, -0.2) is 23.0 Å². The van der Waals surface area contributed by atoms with Crippen LogP contribution < -0.4 is 11.1 Å². The van der Waals surface area contributed by atoms with Crippen molar-refractivity contribution in [2.24, 2.45) is 0 Å². The molecule has 3 N–H and O–H groups in total. The molecule has 0 saturated heterocycles. The standard InChI is InChI=1S/C13H23N3S/c1-4-7-15-11(9-17-5-2)12-10(3)6-8-16-13(12)14/h6,8,11,15H,4-5,7,9H2,1-3H3,(H2,14,16). The van der Waals surface area contributed by atoms with Crippen LogP contribution in [-0.2, 0) is 0 Å². The largest absolute Gasteiger partial charge is 0.383 e. The van der Waals surface area contributed by atoms with Crippen molar-refractivity contribution in [3.05, 3.63) is 23.4 Å². The zero-order valence-corrected chi connectivity index (χ0v) is 11.8. The molecule has 0 amide bonds. The van der Waals surface area contributed by atoms with E-state index in [9.17, 15) is 0 Å². The molecule has 1 atom stereocenters. The van der Waals surface area contributed by atoms with Gasteiger partial charge >= 0.3 is 0 Å². The molecule has 0 aliphatic rings. The number of aryl methyl sites for hydroxylation is 1. The molecule has 1 unspecified atom stereocenters. The number of anilines is 1. The Labute approximate surface area is 109 Å². The van der Waals surface area contributed by atoms with Gasteiger partial charge < -0.3 is 11.1 Å². The summed E-state index contributed by atoms with van der Waals surface area (Å²) < 4.78 is 0. The maximum Gasteiger partial charge on any atom is 0.128 e. The highest BCUT2D eigenvalue weighted by Crippen LogP contribution is 2.25. The molecule has 1 aromatic rings. The third-order valence-corrected chi connectivity index (χ3v) is 3.69. The van der Waals surface area contributed by atoms with Crippen molar-refractivity contribution in [2.45, 2.75) is 33.2 Å². The van der Waals surface area contributed by atoms with Gasteiger partial charge in [-0.1, -0.05) is 13.8 Å². The van der Waals surface area contributed by atoms with Crippen molar-refractivity contribution in [1.29, 1.82) is 0 Å². The Bertz CT molecular complexity index is 313. The molecule has 0 aliphatic heterocycles. The van der Waals surface area contributed by atoms with Crippen LogP contribution in [0.5, 0.6) is 0 Å². The van der Waals surface area contributed by atoms with Crippen LogP contribution in [0.15, 0.2) is 12.3 Å². The minimum atomic E-state index is 0.314. The van der Waals surface area contributed by atoms with Gasteiger partial charge in [0.25, 0.3) is 0 Å². The normalized spacial score (nSPS) is 12.6. The Kier molecular flexibility index (Phi) is 6.37. The van der Waals surface area contributed by atoms with Crippen molar-refractivity contribution < 1.29 is 0 Å². The fraction of sp³-hybridized carbons (Fsp3) is 0.615. The zero-order valence-electron chi connectivity index (χ0n) is 11.0. The lowest BCUT2D eigenvalue weighted by Gasteiger charge is -2.21. The van der Waals surface area contributed by atoms with E-state index < -0.39 is 0 Å². The molecule has 0 bridgehead atoms. The summed E-state index contributed by atoms with van der Waals surface area (Å²) in [7, 11) is 0. The molecule has 0 aromatic carbocycles. The Morgan fingerprint density at radius 2 is 2.24 bits per heavy atom. The average Bonchev–Trinajstić information content (AvgIpc) is 2.31. The first kappa shape index (κ1) is 14.3. The first-order valence-electron chi connectivity index (χ1n) is 6.22. The molecular weight excluding hydrogens is 230 g/mol. The van der Waals surface area contributed by atoms with E-state index in [1.54, 1.807) is 6.20 Å². The number of nitrogens with zero attached hydrogens (tertiary/aromatic N) is 1. The van der Waals surface area contributed by atoms with Crippen molar-refractivity contribution in [3.8, 4) is 0 Å². The van der Waals surface area contributed by atoms with Gasteiger partial charge in [0.05, 0.1) is 0 Å². The van der Waals surface area contributed by atoms with Gasteiger partial charge in [-0.25, -0.2) is 4.98 Å². The number of nitrogens with two attached hydrogens (primary N) is 1. The number of aromatic nitrogens is 1. The molecular formula is C13H23N3S. The molecule has 1 rings (SSSR count). The summed E-state index contributed by atoms with van der Waals surface area (Å²) in [4.78, 5) is 4.21. The van der Waals surface area contributed by atoms with E-state index in [1.165, 1.54) is 11.1 Å². The van der Waals surface area contributed by atoms with Crippen molar-refractivity contribution in [2.75, 3.05) is 23.8 Å². The molecule has 1 aromatic heterocycles. The third kappa shape index (κ3) is 4.21. The van der Waals surface area contributed by atoms with Gasteiger partial charge in [0.2, 0.25) is 0 Å². The summed E-state index contributed by atoms with van der Waals surface area (Å²) in [6, 6.07) is 2.34. The molecule has 0 spiro atoms. The Morgan fingerprint density at radius 1 is 1.47 bits per heavy atom. The number of rotatable bonds is 7. The summed E-state index contributed by atoms with van der Waals surface area (Å²) in [5.74, 6) is 2.84. The smallest absolute Gasteiger partial charge is 0.128 e. The third-order valence-electron chi connectivity index (χ3n) is 2.72. The average molecular weight is 253 g/mol. The quantitative estimate of drug-likeness (QED) is 0.784.